The van der Waals surface area contributed by atoms with Gasteiger partial charge in [0.1, 0.15) is 5.78 Å². The maximum Gasteiger partial charge on any atom is 0.257 e. The van der Waals surface area contributed by atoms with E-state index >= 15 is 0 Å². The van der Waals surface area contributed by atoms with E-state index in [1.165, 1.54) is 12.4 Å². The van der Waals surface area contributed by atoms with Crippen molar-refractivity contribution in [3.8, 4) is 0 Å². The Kier molecular flexibility index (Phi) is 7.35. The van der Waals surface area contributed by atoms with Crippen molar-refractivity contribution in [3.63, 3.8) is 0 Å². The minimum Gasteiger partial charge on any atom is -0.390 e. The van der Waals surface area contributed by atoms with E-state index < -0.39 is 15.7 Å². The number of aromatic nitrogens is 2. The molecular weight excluding hydrogens is 490 g/mol. The van der Waals surface area contributed by atoms with Gasteiger partial charge in [0.25, 0.3) is 5.91 Å². The zero-order valence-corrected chi connectivity index (χ0v) is 21.4. The molecule has 0 radical (unpaired) electrons. The molecule has 1 amide bonds. The molecule has 0 saturated heterocycles. The van der Waals surface area contributed by atoms with Gasteiger partial charge < -0.3 is 10.4 Å². The number of amides is 1. The number of carbonyl (C=O) groups is 2. The SMILES string of the molecule is O=C1CCC(/C=C(/C(=O)Nc2cnc(CO)cn2)c2ccc(S(=O)(=O)CC=CC3CC3)c(C3CC3)c2)C1. The van der Waals surface area contributed by atoms with Crippen molar-refractivity contribution in [2.45, 2.75) is 62.4 Å². The predicted octanol–water partition coefficient (Wildman–Crippen LogP) is 3.98. The van der Waals surface area contributed by atoms with Crippen molar-refractivity contribution in [1.29, 1.82) is 0 Å². The number of aliphatic hydroxyl groups is 1. The van der Waals surface area contributed by atoms with Crippen molar-refractivity contribution in [3.05, 3.63) is 65.6 Å². The number of anilines is 1. The average molecular weight is 522 g/mol. The molecular formula is C28H31N3O5S. The molecule has 0 aliphatic heterocycles. The van der Waals surface area contributed by atoms with Crippen LogP contribution in [0.25, 0.3) is 5.57 Å². The number of Topliss-reactive ketones (excluding diaryl/α,β-unsaturated/α-hetero) is 1. The van der Waals surface area contributed by atoms with Gasteiger partial charge in [-0.05, 0) is 73.1 Å². The van der Waals surface area contributed by atoms with Crippen LogP contribution in [0.2, 0.25) is 0 Å². The summed E-state index contributed by atoms with van der Waals surface area (Å²) in [5.74, 6) is 0.584. The van der Waals surface area contributed by atoms with Gasteiger partial charge in [0, 0.05) is 18.4 Å². The molecule has 37 heavy (non-hydrogen) atoms. The van der Waals surface area contributed by atoms with Gasteiger partial charge in [-0.1, -0.05) is 24.3 Å². The third-order valence-electron chi connectivity index (χ3n) is 7.06. The minimum absolute atomic E-state index is 0.0293. The molecule has 3 aliphatic carbocycles. The van der Waals surface area contributed by atoms with Crippen LogP contribution in [0.5, 0.6) is 0 Å². The molecule has 1 heterocycles. The Bertz CT molecular complexity index is 1360. The Morgan fingerprint density at radius 3 is 2.51 bits per heavy atom. The van der Waals surface area contributed by atoms with E-state index in [1.54, 1.807) is 18.2 Å². The van der Waals surface area contributed by atoms with Crippen LogP contribution >= 0.6 is 0 Å². The fraction of sp³-hybridized carbons (Fsp3) is 0.429. The number of nitrogens with one attached hydrogen (secondary N) is 1. The van der Waals surface area contributed by atoms with Crippen LogP contribution < -0.4 is 5.32 Å². The summed E-state index contributed by atoms with van der Waals surface area (Å²) < 4.78 is 26.4. The van der Waals surface area contributed by atoms with Crippen molar-refractivity contribution >= 4 is 32.9 Å². The van der Waals surface area contributed by atoms with E-state index in [0.29, 0.717) is 46.9 Å². The van der Waals surface area contributed by atoms with Gasteiger partial charge in [-0.25, -0.2) is 13.4 Å². The quantitative estimate of drug-likeness (QED) is 0.358. The van der Waals surface area contributed by atoms with Crippen LogP contribution in [0.15, 0.2) is 53.7 Å². The third kappa shape index (κ3) is 6.40. The van der Waals surface area contributed by atoms with E-state index in [4.69, 9.17) is 0 Å². The summed E-state index contributed by atoms with van der Waals surface area (Å²) in [7, 11) is -3.50. The van der Waals surface area contributed by atoms with Crippen LogP contribution in [0, 0.1) is 11.8 Å². The Hall–Kier alpha value is -3.17. The zero-order chi connectivity index (χ0) is 26.0. The number of rotatable bonds is 10. The molecule has 2 N–H and O–H groups in total. The van der Waals surface area contributed by atoms with Crippen molar-refractivity contribution in [2.75, 3.05) is 11.1 Å². The first-order valence-corrected chi connectivity index (χ1v) is 14.5. The Labute approximate surface area is 216 Å². The second-order valence-corrected chi connectivity index (χ2v) is 12.2. The topological polar surface area (TPSA) is 126 Å². The lowest BCUT2D eigenvalue weighted by Gasteiger charge is -2.15. The largest absolute Gasteiger partial charge is 0.390 e. The molecule has 1 atom stereocenters. The molecule has 1 aromatic carbocycles. The van der Waals surface area contributed by atoms with Gasteiger partial charge in [0.2, 0.25) is 0 Å². The summed E-state index contributed by atoms with van der Waals surface area (Å²) >= 11 is 0. The molecule has 3 saturated carbocycles. The van der Waals surface area contributed by atoms with E-state index in [9.17, 15) is 23.1 Å². The number of ketones is 1. The molecule has 3 aliphatic rings. The molecule has 3 fully saturated rings. The van der Waals surface area contributed by atoms with Crippen LogP contribution in [0.4, 0.5) is 5.82 Å². The first-order chi connectivity index (χ1) is 17.8. The standard InChI is InChI=1S/C28H31N3O5S/c32-17-22-15-30-27(16-29-22)31-28(34)25(13-19-5-9-23(33)12-19)21-8-10-26(24(14-21)20-6-7-20)37(35,36)11-1-2-18-3-4-18/h1-2,8,10,13-16,18-20,32H,3-7,9,11-12,17H2,(H,30,31,34)/b2-1?,25-13+. The number of allylic oxidation sites excluding steroid dienone is 2. The van der Waals surface area contributed by atoms with Gasteiger partial charge in [-0.3, -0.25) is 14.6 Å². The molecule has 0 bridgehead atoms. The molecule has 8 nitrogen and oxygen atoms in total. The Morgan fingerprint density at radius 1 is 1.08 bits per heavy atom. The highest BCUT2D eigenvalue weighted by molar-refractivity contribution is 7.91. The Balaban J connectivity index is 1.46. The van der Waals surface area contributed by atoms with Gasteiger partial charge in [-0.15, -0.1) is 0 Å². The Morgan fingerprint density at radius 2 is 1.89 bits per heavy atom. The minimum atomic E-state index is -3.50. The van der Waals surface area contributed by atoms with E-state index in [1.807, 2.05) is 18.2 Å². The molecule has 5 rings (SSSR count). The smallest absolute Gasteiger partial charge is 0.257 e. The zero-order valence-electron chi connectivity index (χ0n) is 20.6. The predicted molar refractivity (Wildman–Crippen MR) is 139 cm³/mol. The lowest BCUT2D eigenvalue weighted by Crippen LogP contribution is -2.16. The van der Waals surface area contributed by atoms with Gasteiger partial charge in [0.05, 0.1) is 35.3 Å². The number of aliphatic hydroxyl groups excluding tert-OH is 1. The van der Waals surface area contributed by atoms with Crippen LogP contribution in [0.3, 0.4) is 0 Å². The summed E-state index contributed by atoms with van der Waals surface area (Å²) in [5, 5.41) is 11.9. The van der Waals surface area contributed by atoms with Crippen molar-refractivity contribution < 1.29 is 23.1 Å². The van der Waals surface area contributed by atoms with Crippen molar-refractivity contribution in [2.24, 2.45) is 11.8 Å². The second kappa shape index (κ2) is 10.7. The molecule has 9 heteroatoms. The fourth-order valence-corrected chi connectivity index (χ4v) is 6.08. The van der Waals surface area contributed by atoms with Gasteiger partial charge in [-0.2, -0.15) is 0 Å². The second-order valence-electron chi connectivity index (χ2n) is 10.2. The summed E-state index contributed by atoms with van der Waals surface area (Å²) in [6.45, 7) is -0.252. The van der Waals surface area contributed by atoms with E-state index in [0.717, 1.165) is 31.2 Å². The number of nitrogens with zero attached hydrogens (tertiary/aromatic N) is 2. The van der Waals surface area contributed by atoms with Crippen molar-refractivity contribution in [1.82, 2.24) is 9.97 Å². The highest BCUT2D eigenvalue weighted by Gasteiger charge is 2.32. The van der Waals surface area contributed by atoms with Gasteiger partial charge in [0.15, 0.2) is 15.7 Å². The van der Waals surface area contributed by atoms with E-state index in [-0.39, 0.29) is 35.8 Å². The summed E-state index contributed by atoms with van der Waals surface area (Å²) in [6, 6.07) is 5.14. The first-order valence-electron chi connectivity index (χ1n) is 12.8. The number of hydrogen-bond acceptors (Lipinski definition) is 7. The third-order valence-corrected chi connectivity index (χ3v) is 8.73. The summed E-state index contributed by atoms with van der Waals surface area (Å²) in [4.78, 5) is 33.8. The summed E-state index contributed by atoms with van der Waals surface area (Å²) in [5.41, 5.74) is 2.14. The molecule has 194 valence electrons. The molecule has 2 aromatic rings. The number of benzene rings is 1. The molecule has 1 unspecified atom stereocenters. The fourth-order valence-electron chi connectivity index (χ4n) is 4.67. The van der Waals surface area contributed by atoms with Crippen LogP contribution in [-0.2, 0) is 26.0 Å². The lowest BCUT2D eigenvalue weighted by molar-refractivity contribution is -0.117. The van der Waals surface area contributed by atoms with Crippen LogP contribution in [0.1, 0.15) is 67.7 Å². The number of sulfone groups is 1. The maximum absolute atomic E-state index is 13.4. The normalized spacial score (nSPS) is 20.5. The molecule has 1 aromatic heterocycles. The molecule has 0 spiro atoms. The average Bonchev–Trinajstić information content (AvgIpc) is 3.82. The van der Waals surface area contributed by atoms with Crippen LogP contribution in [-0.4, -0.2) is 40.9 Å². The van der Waals surface area contributed by atoms with Gasteiger partial charge >= 0.3 is 0 Å². The first kappa shape index (κ1) is 25.5. The highest BCUT2D eigenvalue weighted by Crippen LogP contribution is 2.44. The monoisotopic (exact) mass is 521 g/mol. The summed E-state index contributed by atoms with van der Waals surface area (Å²) in [6.07, 6.45) is 14.0. The maximum atomic E-state index is 13.4. The highest BCUT2D eigenvalue weighted by atomic mass is 32.2. The number of carbonyl (C=O) groups excluding carboxylic acids is 2. The number of hydrogen-bond donors (Lipinski definition) is 2. The van der Waals surface area contributed by atoms with E-state index in [2.05, 4.69) is 15.3 Å². The lowest BCUT2D eigenvalue weighted by atomic mass is 9.95.